The second-order valence-corrected chi connectivity index (χ2v) is 7.02. The van der Waals surface area contributed by atoms with E-state index in [1.54, 1.807) is 17.2 Å². The first-order valence-electron chi connectivity index (χ1n) is 7.82. The van der Waals surface area contributed by atoms with Crippen LogP contribution >= 0.6 is 12.4 Å². The van der Waals surface area contributed by atoms with Gasteiger partial charge >= 0.3 is 0 Å². The van der Waals surface area contributed by atoms with Crippen LogP contribution in [0.25, 0.3) is 5.65 Å². The maximum Gasteiger partial charge on any atom is 0.270 e. The van der Waals surface area contributed by atoms with Gasteiger partial charge in [0.15, 0.2) is 0 Å². The van der Waals surface area contributed by atoms with E-state index in [1.807, 2.05) is 26.8 Å². The summed E-state index contributed by atoms with van der Waals surface area (Å²) in [4.78, 5) is 31.4. The van der Waals surface area contributed by atoms with E-state index in [-0.39, 0.29) is 40.9 Å². The number of aromatic nitrogens is 2. The predicted octanol–water partition coefficient (Wildman–Crippen LogP) is 1.62. The fourth-order valence-corrected chi connectivity index (χ4v) is 3.05. The second-order valence-electron chi connectivity index (χ2n) is 7.02. The summed E-state index contributed by atoms with van der Waals surface area (Å²) in [6.45, 7) is 7.11. The minimum absolute atomic E-state index is 0. The number of piperidine rings is 1. The zero-order valence-corrected chi connectivity index (χ0v) is 15.0. The number of nitrogens with zero attached hydrogens (tertiary/aromatic N) is 3. The van der Waals surface area contributed by atoms with Gasteiger partial charge in [0.2, 0.25) is 0 Å². The van der Waals surface area contributed by atoms with E-state index in [1.165, 1.54) is 10.6 Å². The van der Waals surface area contributed by atoms with Crippen LogP contribution < -0.4 is 11.3 Å². The molecule has 6 nitrogen and oxygen atoms in total. The van der Waals surface area contributed by atoms with Crippen molar-refractivity contribution in [2.75, 3.05) is 13.1 Å². The SMILES string of the molecule is Cc1ccc2ncc(C(=O)N3CCC(N)C(C)(C)C3)c(=O)n2c1.Cl. The number of rotatable bonds is 1. The first-order chi connectivity index (χ1) is 10.8. The van der Waals surface area contributed by atoms with Crippen molar-refractivity contribution in [1.29, 1.82) is 0 Å². The lowest BCUT2D eigenvalue weighted by Gasteiger charge is -2.42. The summed E-state index contributed by atoms with van der Waals surface area (Å²) in [6, 6.07) is 3.72. The van der Waals surface area contributed by atoms with Crippen LogP contribution in [0.3, 0.4) is 0 Å². The van der Waals surface area contributed by atoms with Crippen LogP contribution in [0.1, 0.15) is 36.2 Å². The minimum Gasteiger partial charge on any atom is -0.338 e. The molecule has 3 heterocycles. The topological polar surface area (TPSA) is 80.7 Å². The number of carbonyl (C=O) groups excluding carboxylic acids is 1. The molecule has 2 N–H and O–H groups in total. The Labute approximate surface area is 147 Å². The van der Waals surface area contributed by atoms with Gasteiger partial charge in [-0.05, 0) is 30.4 Å². The Balaban J connectivity index is 0.00000208. The first-order valence-corrected chi connectivity index (χ1v) is 7.82. The maximum absolute atomic E-state index is 12.8. The van der Waals surface area contributed by atoms with E-state index in [0.29, 0.717) is 18.7 Å². The molecular formula is C17H23ClN4O2. The Morgan fingerprint density at radius 1 is 1.38 bits per heavy atom. The minimum atomic E-state index is -0.323. The van der Waals surface area contributed by atoms with Crippen LogP contribution in [0.4, 0.5) is 0 Å². The Hall–Kier alpha value is -1.92. The van der Waals surface area contributed by atoms with Crippen LogP contribution in [0.15, 0.2) is 29.3 Å². The van der Waals surface area contributed by atoms with E-state index in [9.17, 15) is 9.59 Å². The molecular weight excluding hydrogens is 328 g/mol. The first kappa shape index (κ1) is 18.4. The number of halogens is 1. The molecule has 7 heteroatoms. The normalized spacial score (nSPS) is 19.8. The number of aryl methyl sites for hydroxylation is 1. The van der Waals surface area contributed by atoms with Crippen LogP contribution in [0.2, 0.25) is 0 Å². The third-order valence-electron chi connectivity index (χ3n) is 4.68. The molecule has 1 aliphatic rings. The van der Waals surface area contributed by atoms with Gasteiger partial charge in [-0.3, -0.25) is 14.0 Å². The van der Waals surface area contributed by atoms with Gasteiger partial charge in [0.05, 0.1) is 0 Å². The van der Waals surface area contributed by atoms with Gasteiger partial charge in [0.1, 0.15) is 11.2 Å². The van der Waals surface area contributed by atoms with Gasteiger partial charge in [-0.25, -0.2) is 4.98 Å². The van der Waals surface area contributed by atoms with E-state index in [0.717, 1.165) is 12.0 Å². The third kappa shape index (κ3) is 3.16. The highest BCUT2D eigenvalue weighted by Crippen LogP contribution is 2.28. The molecule has 1 saturated heterocycles. The standard InChI is InChI=1S/C17H22N4O2.ClH/c1-11-4-5-14-19-8-12(16(23)21(14)9-11)15(22)20-7-6-13(18)17(2,3)10-20;/h4-5,8-9,13H,6-7,10,18H2,1-3H3;1H. The number of amides is 1. The Kier molecular flexibility index (Phi) is 5.01. The molecule has 1 aliphatic heterocycles. The van der Waals surface area contributed by atoms with Gasteiger partial charge in [-0.15, -0.1) is 12.4 Å². The van der Waals surface area contributed by atoms with Crippen molar-refractivity contribution >= 4 is 24.0 Å². The van der Waals surface area contributed by atoms with Crippen molar-refractivity contribution in [1.82, 2.24) is 14.3 Å². The van der Waals surface area contributed by atoms with Crippen molar-refractivity contribution in [3.8, 4) is 0 Å². The van der Waals surface area contributed by atoms with Crippen LogP contribution in [0.5, 0.6) is 0 Å². The second kappa shape index (κ2) is 6.53. The maximum atomic E-state index is 12.8. The van der Waals surface area contributed by atoms with E-state index in [2.05, 4.69) is 4.98 Å². The molecule has 0 aromatic carbocycles. The van der Waals surface area contributed by atoms with E-state index >= 15 is 0 Å². The molecule has 130 valence electrons. The molecule has 0 bridgehead atoms. The van der Waals surface area contributed by atoms with Crippen LogP contribution in [0, 0.1) is 12.3 Å². The molecule has 0 spiro atoms. The summed E-state index contributed by atoms with van der Waals surface area (Å²) in [5.41, 5.74) is 7.23. The zero-order chi connectivity index (χ0) is 16.8. The third-order valence-corrected chi connectivity index (χ3v) is 4.68. The smallest absolute Gasteiger partial charge is 0.270 e. The summed E-state index contributed by atoms with van der Waals surface area (Å²) in [7, 11) is 0. The summed E-state index contributed by atoms with van der Waals surface area (Å²) in [5.74, 6) is -0.265. The lowest BCUT2D eigenvalue weighted by Crippen LogP contribution is -2.54. The molecule has 0 saturated carbocycles. The molecule has 1 unspecified atom stereocenters. The average Bonchev–Trinajstić information content (AvgIpc) is 2.50. The summed E-state index contributed by atoms with van der Waals surface area (Å²) < 4.78 is 1.43. The number of nitrogens with two attached hydrogens (primary N) is 1. The van der Waals surface area contributed by atoms with Crippen molar-refractivity contribution in [3.05, 3.63) is 46.0 Å². The molecule has 2 aromatic rings. The van der Waals surface area contributed by atoms with Crippen molar-refractivity contribution in [3.63, 3.8) is 0 Å². The molecule has 24 heavy (non-hydrogen) atoms. The average molecular weight is 351 g/mol. The van der Waals surface area contributed by atoms with Crippen molar-refractivity contribution in [2.24, 2.45) is 11.1 Å². The number of hydrogen-bond donors (Lipinski definition) is 1. The zero-order valence-electron chi connectivity index (χ0n) is 14.2. The number of fused-ring (bicyclic) bond motifs is 1. The van der Waals surface area contributed by atoms with Crippen LogP contribution in [-0.4, -0.2) is 39.3 Å². The summed E-state index contributed by atoms with van der Waals surface area (Å²) in [6.07, 6.45) is 3.83. The van der Waals surface area contributed by atoms with Crippen molar-refractivity contribution in [2.45, 2.75) is 33.2 Å². The lowest BCUT2D eigenvalue weighted by molar-refractivity contribution is 0.0530. The molecule has 1 amide bonds. The highest BCUT2D eigenvalue weighted by Gasteiger charge is 2.36. The Bertz CT molecular complexity index is 831. The summed E-state index contributed by atoms with van der Waals surface area (Å²) >= 11 is 0. The van der Waals surface area contributed by atoms with Gasteiger partial charge < -0.3 is 10.6 Å². The molecule has 1 fully saturated rings. The highest BCUT2D eigenvalue weighted by molar-refractivity contribution is 5.93. The molecule has 2 aromatic heterocycles. The highest BCUT2D eigenvalue weighted by atomic mass is 35.5. The molecule has 0 radical (unpaired) electrons. The molecule has 3 rings (SSSR count). The van der Waals surface area contributed by atoms with Gasteiger partial charge in [0.25, 0.3) is 11.5 Å². The molecule has 0 aliphatic carbocycles. The fourth-order valence-electron chi connectivity index (χ4n) is 3.05. The quantitative estimate of drug-likeness (QED) is 0.847. The fraction of sp³-hybridized carbons (Fsp3) is 0.471. The van der Waals surface area contributed by atoms with E-state index < -0.39 is 0 Å². The Morgan fingerprint density at radius 2 is 2.08 bits per heavy atom. The largest absolute Gasteiger partial charge is 0.338 e. The Morgan fingerprint density at radius 3 is 2.75 bits per heavy atom. The van der Waals surface area contributed by atoms with Crippen LogP contribution in [-0.2, 0) is 0 Å². The van der Waals surface area contributed by atoms with Gasteiger partial charge in [-0.2, -0.15) is 0 Å². The molecule has 1 atom stereocenters. The van der Waals surface area contributed by atoms with Gasteiger partial charge in [0, 0.05) is 31.5 Å². The number of likely N-dealkylation sites (tertiary alicyclic amines) is 1. The van der Waals surface area contributed by atoms with E-state index in [4.69, 9.17) is 5.73 Å². The number of pyridine rings is 1. The number of hydrogen-bond acceptors (Lipinski definition) is 4. The lowest BCUT2D eigenvalue weighted by atomic mass is 9.79. The van der Waals surface area contributed by atoms with Crippen molar-refractivity contribution < 1.29 is 4.79 Å². The number of carbonyl (C=O) groups is 1. The summed E-state index contributed by atoms with van der Waals surface area (Å²) in [5, 5.41) is 0. The predicted molar refractivity (Wildman–Crippen MR) is 95.7 cm³/mol. The monoisotopic (exact) mass is 350 g/mol. The van der Waals surface area contributed by atoms with Gasteiger partial charge in [-0.1, -0.05) is 19.9 Å².